The Balaban J connectivity index is 1.62. The Morgan fingerprint density at radius 2 is 2.13 bits per heavy atom. The fourth-order valence-corrected chi connectivity index (χ4v) is 4.34. The van der Waals surface area contributed by atoms with Gasteiger partial charge < -0.3 is 5.32 Å². The fourth-order valence-electron chi connectivity index (χ4n) is 3.41. The number of rotatable bonds is 5. The van der Waals surface area contributed by atoms with Crippen molar-refractivity contribution in [3.63, 3.8) is 0 Å². The van der Waals surface area contributed by atoms with E-state index in [4.69, 9.17) is 0 Å². The molecular formula is C19H24N2OS. The van der Waals surface area contributed by atoms with E-state index < -0.39 is 0 Å². The Labute approximate surface area is 142 Å². The zero-order chi connectivity index (χ0) is 16.2. The molecular weight excluding hydrogens is 304 g/mol. The Morgan fingerprint density at radius 3 is 2.87 bits per heavy atom. The number of thiophene rings is 1. The van der Waals surface area contributed by atoms with Crippen molar-refractivity contribution in [3.8, 4) is 0 Å². The molecule has 1 aliphatic rings. The van der Waals surface area contributed by atoms with Gasteiger partial charge in [-0.3, -0.25) is 9.69 Å². The van der Waals surface area contributed by atoms with Gasteiger partial charge in [-0.1, -0.05) is 37.3 Å². The smallest absolute Gasteiger partial charge is 0.234 e. The third-order valence-electron chi connectivity index (χ3n) is 4.62. The van der Waals surface area contributed by atoms with Gasteiger partial charge in [-0.25, -0.2) is 0 Å². The van der Waals surface area contributed by atoms with Crippen LogP contribution in [0.1, 0.15) is 48.4 Å². The van der Waals surface area contributed by atoms with Gasteiger partial charge in [0.15, 0.2) is 0 Å². The minimum absolute atomic E-state index is 0.0466. The number of benzene rings is 1. The predicted octanol–water partition coefficient (Wildman–Crippen LogP) is 3.93. The van der Waals surface area contributed by atoms with Gasteiger partial charge in [-0.15, -0.1) is 11.3 Å². The Bertz CT molecular complexity index is 652. The third-order valence-corrected chi connectivity index (χ3v) is 5.61. The quantitative estimate of drug-likeness (QED) is 0.902. The number of hydrogen-bond acceptors (Lipinski definition) is 3. The first-order valence-corrected chi connectivity index (χ1v) is 9.21. The first-order chi connectivity index (χ1) is 11.2. The molecule has 2 atom stereocenters. The largest absolute Gasteiger partial charge is 0.348 e. The van der Waals surface area contributed by atoms with E-state index in [0.717, 1.165) is 24.9 Å². The lowest BCUT2D eigenvalue weighted by molar-refractivity contribution is -0.123. The van der Waals surface area contributed by atoms with Crippen LogP contribution in [0.3, 0.4) is 0 Å². The van der Waals surface area contributed by atoms with Crippen molar-refractivity contribution in [2.75, 3.05) is 13.1 Å². The average Bonchev–Trinajstić information content (AvgIpc) is 3.04. The van der Waals surface area contributed by atoms with Crippen molar-refractivity contribution in [2.24, 2.45) is 0 Å². The van der Waals surface area contributed by atoms with Gasteiger partial charge in [0, 0.05) is 17.5 Å². The molecule has 0 aliphatic carbocycles. The second-order valence-electron chi connectivity index (χ2n) is 6.14. The topological polar surface area (TPSA) is 32.3 Å². The Morgan fingerprint density at radius 1 is 1.35 bits per heavy atom. The molecule has 0 spiro atoms. The van der Waals surface area contributed by atoms with Crippen molar-refractivity contribution in [2.45, 2.75) is 38.8 Å². The van der Waals surface area contributed by atoms with Crippen molar-refractivity contribution in [1.82, 2.24) is 10.2 Å². The van der Waals surface area contributed by atoms with E-state index in [2.05, 4.69) is 40.7 Å². The summed E-state index contributed by atoms with van der Waals surface area (Å²) >= 11 is 1.85. The van der Waals surface area contributed by atoms with Crippen molar-refractivity contribution in [3.05, 3.63) is 57.8 Å². The molecule has 4 heteroatoms. The van der Waals surface area contributed by atoms with E-state index in [1.807, 2.05) is 36.5 Å². The lowest BCUT2D eigenvalue weighted by Gasteiger charge is -2.35. The van der Waals surface area contributed by atoms with E-state index in [-0.39, 0.29) is 11.9 Å². The molecule has 1 aliphatic heterocycles. The van der Waals surface area contributed by atoms with Crippen molar-refractivity contribution in [1.29, 1.82) is 0 Å². The van der Waals surface area contributed by atoms with E-state index in [9.17, 15) is 4.79 Å². The Kier molecular flexibility index (Phi) is 5.13. The van der Waals surface area contributed by atoms with E-state index in [0.29, 0.717) is 12.6 Å². The van der Waals surface area contributed by atoms with Crippen LogP contribution in [0.25, 0.3) is 0 Å². The van der Waals surface area contributed by atoms with Crippen LogP contribution in [-0.2, 0) is 11.2 Å². The van der Waals surface area contributed by atoms with Gasteiger partial charge in [-0.2, -0.15) is 0 Å². The molecule has 0 fully saturated rings. The van der Waals surface area contributed by atoms with E-state index in [1.54, 1.807) is 0 Å². The zero-order valence-corrected chi connectivity index (χ0v) is 14.6. The van der Waals surface area contributed by atoms with Crippen LogP contribution in [0.5, 0.6) is 0 Å². The van der Waals surface area contributed by atoms with Crippen LogP contribution in [0, 0.1) is 0 Å². The predicted molar refractivity (Wildman–Crippen MR) is 95.6 cm³/mol. The summed E-state index contributed by atoms with van der Waals surface area (Å²) in [6.07, 6.45) is 2.11. The third kappa shape index (κ3) is 3.65. The number of carbonyl (C=O) groups is 1. The average molecular weight is 328 g/mol. The van der Waals surface area contributed by atoms with Gasteiger partial charge in [0.2, 0.25) is 5.91 Å². The van der Waals surface area contributed by atoms with Crippen molar-refractivity contribution >= 4 is 17.2 Å². The summed E-state index contributed by atoms with van der Waals surface area (Å²) in [6.45, 7) is 5.69. The molecule has 1 aromatic heterocycles. The molecule has 1 aromatic carbocycles. The fraction of sp³-hybridized carbons (Fsp3) is 0.421. The molecule has 2 aromatic rings. The van der Waals surface area contributed by atoms with E-state index >= 15 is 0 Å². The zero-order valence-electron chi connectivity index (χ0n) is 13.8. The van der Waals surface area contributed by atoms with Crippen molar-refractivity contribution < 1.29 is 4.79 Å². The minimum Gasteiger partial charge on any atom is -0.348 e. The van der Waals surface area contributed by atoms with Gasteiger partial charge in [0.05, 0.1) is 12.6 Å². The number of nitrogens with one attached hydrogen (secondary N) is 1. The summed E-state index contributed by atoms with van der Waals surface area (Å²) in [6, 6.07) is 12.8. The van der Waals surface area contributed by atoms with Crippen LogP contribution in [0.15, 0.2) is 41.8 Å². The maximum absolute atomic E-state index is 12.5. The monoisotopic (exact) mass is 328 g/mol. The lowest BCUT2D eigenvalue weighted by atomic mass is 9.98. The number of amides is 1. The standard InChI is InChI=1S/C19H24N2OS/c1-3-17-16-10-12-23-18(16)9-11-21(17)13-19(22)20-14(2)15-7-5-4-6-8-15/h4-8,10,12,14,17H,3,9,11,13H2,1-2H3,(H,20,22)/t14-,17+/m1/s1. The second-order valence-corrected chi connectivity index (χ2v) is 7.14. The molecule has 1 N–H and O–H groups in total. The summed E-state index contributed by atoms with van der Waals surface area (Å²) in [5.41, 5.74) is 2.57. The molecule has 0 unspecified atom stereocenters. The number of fused-ring (bicyclic) bond motifs is 1. The van der Waals surface area contributed by atoms with Gasteiger partial charge in [-0.05, 0) is 42.3 Å². The maximum Gasteiger partial charge on any atom is 0.234 e. The number of carbonyl (C=O) groups excluding carboxylic acids is 1. The summed E-state index contributed by atoms with van der Waals surface area (Å²) in [5, 5.41) is 5.30. The van der Waals surface area contributed by atoms with Gasteiger partial charge >= 0.3 is 0 Å². The molecule has 0 saturated carbocycles. The summed E-state index contributed by atoms with van der Waals surface area (Å²) < 4.78 is 0. The first kappa shape index (κ1) is 16.2. The minimum atomic E-state index is 0.0466. The lowest BCUT2D eigenvalue weighted by Crippen LogP contribution is -2.42. The van der Waals surface area contributed by atoms with Crippen LogP contribution in [0.2, 0.25) is 0 Å². The molecule has 2 heterocycles. The first-order valence-electron chi connectivity index (χ1n) is 8.33. The van der Waals surface area contributed by atoms with Crippen LogP contribution >= 0.6 is 11.3 Å². The molecule has 3 nitrogen and oxygen atoms in total. The highest BCUT2D eigenvalue weighted by Crippen LogP contribution is 2.34. The normalized spacial score (nSPS) is 19.1. The van der Waals surface area contributed by atoms with Gasteiger partial charge in [0.25, 0.3) is 0 Å². The molecule has 0 saturated heterocycles. The summed E-state index contributed by atoms with van der Waals surface area (Å²) in [4.78, 5) is 16.3. The molecule has 1 amide bonds. The molecule has 0 bridgehead atoms. The van der Waals surface area contributed by atoms with Crippen LogP contribution in [-0.4, -0.2) is 23.9 Å². The molecule has 3 rings (SSSR count). The summed E-state index contributed by atoms with van der Waals surface area (Å²) in [5.74, 6) is 0.110. The van der Waals surface area contributed by atoms with Gasteiger partial charge in [0.1, 0.15) is 0 Å². The van der Waals surface area contributed by atoms with Crippen LogP contribution < -0.4 is 5.32 Å². The molecule has 122 valence electrons. The summed E-state index contributed by atoms with van der Waals surface area (Å²) in [7, 11) is 0. The highest BCUT2D eigenvalue weighted by atomic mass is 32.1. The SMILES string of the molecule is CC[C@H]1c2ccsc2CCN1CC(=O)N[C@H](C)c1ccccc1. The number of hydrogen-bond donors (Lipinski definition) is 1. The highest BCUT2D eigenvalue weighted by molar-refractivity contribution is 7.10. The molecule has 0 radical (unpaired) electrons. The maximum atomic E-state index is 12.5. The molecule has 23 heavy (non-hydrogen) atoms. The van der Waals surface area contributed by atoms with Crippen LogP contribution in [0.4, 0.5) is 0 Å². The number of nitrogens with zero attached hydrogens (tertiary/aromatic N) is 1. The Hall–Kier alpha value is -1.65. The highest BCUT2D eigenvalue weighted by Gasteiger charge is 2.28. The van der Waals surface area contributed by atoms with E-state index in [1.165, 1.54) is 10.4 Å². The second kappa shape index (κ2) is 7.28.